The van der Waals surface area contributed by atoms with Gasteiger partial charge in [-0.25, -0.2) is 0 Å². The van der Waals surface area contributed by atoms with Crippen LogP contribution in [0.1, 0.15) is 44.4 Å². The van der Waals surface area contributed by atoms with E-state index in [1.807, 2.05) is 29.2 Å². The van der Waals surface area contributed by atoms with Crippen molar-refractivity contribution < 1.29 is 14.1 Å². The quantitative estimate of drug-likeness (QED) is 0.744. The molecule has 0 N–H and O–H groups in total. The molecule has 1 aliphatic heterocycles. The minimum Gasteiger partial charge on any atom is -0.497 e. The summed E-state index contributed by atoms with van der Waals surface area (Å²) in [6.07, 6.45) is 7.62. The van der Waals surface area contributed by atoms with Crippen molar-refractivity contribution in [3.05, 3.63) is 30.2 Å². The number of methoxy groups -OCH3 is 1. The van der Waals surface area contributed by atoms with Crippen molar-refractivity contribution in [2.75, 3.05) is 33.3 Å². The Hall–Kier alpha value is -2.41. The minimum absolute atomic E-state index is 0.178. The Morgan fingerprint density at radius 2 is 1.83 bits per heavy atom. The lowest BCUT2D eigenvalue weighted by molar-refractivity contribution is -0.133. The molecule has 2 aromatic rings. The molecule has 0 atom stereocenters. The van der Waals surface area contributed by atoms with Gasteiger partial charge in [0, 0.05) is 50.6 Å². The molecule has 1 amide bonds. The molecule has 7 nitrogen and oxygen atoms in total. The molecule has 0 radical (unpaired) electrons. The number of nitrogens with zero attached hydrogens (tertiary/aromatic N) is 4. The maximum atomic E-state index is 12.6. The van der Waals surface area contributed by atoms with Gasteiger partial charge in [0.1, 0.15) is 5.75 Å². The summed E-state index contributed by atoms with van der Waals surface area (Å²) in [6, 6.07) is 8.24. The van der Waals surface area contributed by atoms with E-state index in [0.29, 0.717) is 24.6 Å². The third kappa shape index (κ3) is 4.96. The van der Waals surface area contributed by atoms with Crippen molar-refractivity contribution in [1.29, 1.82) is 0 Å². The maximum absolute atomic E-state index is 12.6. The molecule has 1 aromatic heterocycles. The number of hydrogen-bond acceptors (Lipinski definition) is 6. The number of aromatic nitrogens is 2. The van der Waals surface area contributed by atoms with Gasteiger partial charge in [-0.3, -0.25) is 9.69 Å². The Bertz CT molecular complexity index is 791. The van der Waals surface area contributed by atoms with E-state index in [2.05, 4.69) is 15.0 Å². The molecule has 1 aliphatic carbocycles. The van der Waals surface area contributed by atoms with E-state index in [1.54, 1.807) is 7.11 Å². The van der Waals surface area contributed by atoms with Crippen LogP contribution in [0.25, 0.3) is 11.4 Å². The second-order valence-electron chi connectivity index (χ2n) is 7.95. The van der Waals surface area contributed by atoms with E-state index in [0.717, 1.165) is 43.5 Å². The second kappa shape index (κ2) is 9.39. The number of hydrogen-bond donors (Lipinski definition) is 0. The standard InChI is InChI=1S/C22H30N4O3/c1-28-19-9-7-17(8-10-19)22-23-20(29-24-22)11-12-21(27)26-15-13-25(14-16-26)18-5-3-2-4-6-18/h7-10,18H,2-6,11-16H2,1H3. The highest BCUT2D eigenvalue weighted by Crippen LogP contribution is 2.24. The maximum Gasteiger partial charge on any atom is 0.227 e. The highest BCUT2D eigenvalue weighted by Gasteiger charge is 2.27. The first-order valence-electron chi connectivity index (χ1n) is 10.7. The fourth-order valence-corrected chi connectivity index (χ4v) is 4.37. The zero-order valence-electron chi connectivity index (χ0n) is 17.2. The van der Waals surface area contributed by atoms with Crippen LogP contribution in [0.3, 0.4) is 0 Å². The van der Waals surface area contributed by atoms with Gasteiger partial charge < -0.3 is 14.2 Å². The molecule has 2 heterocycles. The summed E-state index contributed by atoms with van der Waals surface area (Å²) in [4.78, 5) is 21.6. The Balaban J connectivity index is 1.24. The van der Waals surface area contributed by atoms with Crippen molar-refractivity contribution in [1.82, 2.24) is 19.9 Å². The van der Waals surface area contributed by atoms with E-state index in [9.17, 15) is 4.79 Å². The summed E-state index contributed by atoms with van der Waals surface area (Å²) >= 11 is 0. The van der Waals surface area contributed by atoms with Gasteiger partial charge in [-0.05, 0) is 37.1 Å². The van der Waals surface area contributed by atoms with E-state index in [4.69, 9.17) is 9.26 Å². The van der Waals surface area contributed by atoms with Gasteiger partial charge in [0.25, 0.3) is 0 Å². The highest BCUT2D eigenvalue weighted by molar-refractivity contribution is 5.76. The molecule has 156 valence electrons. The van der Waals surface area contributed by atoms with Gasteiger partial charge in [0.2, 0.25) is 17.6 Å². The van der Waals surface area contributed by atoms with E-state index < -0.39 is 0 Å². The summed E-state index contributed by atoms with van der Waals surface area (Å²) in [5, 5.41) is 4.04. The predicted octanol–water partition coefficient (Wildman–Crippen LogP) is 3.15. The Kier molecular flexibility index (Phi) is 6.44. The van der Waals surface area contributed by atoms with Crippen LogP contribution in [0.2, 0.25) is 0 Å². The molecule has 4 rings (SSSR count). The summed E-state index contributed by atoms with van der Waals surface area (Å²) in [5.74, 6) is 2.00. The Morgan fingerprint density at radius 1 is 1.10 bits per heavy atom. The molecule has 2 aliphatic rings. The van der Waals surface area contributed by atoms with Crippen LogP contribution in [0.5, 0.6) is 5.75 Å². The molecule has 0 unspecified atom stereocenters. The first-order chi connectivity index (χ1) is 14.2. The molecule has 1 aromatic carbocycles. The highest BCUT2D eigenvalue weighted by atomic mass is 16.5. The fourth-order valence-electron chi connectivity index (χ4n) is 4.37. The average molecular weight is 399 g/mol. The number of carbonyl (C=O) groups excluding carboxylic acids is 1. The monoisotopic (exact) mass is 398 g/mol. The zero-order chi connectivity index (χ0) is 20.1. The second-order valence-corrected chi connectivity index (χ2v) is 7.95. The summed E-state index contributed by atoms with van der Waals surface area (Å²) in [6.45, 7) is 3.66. The molecule has 0 bridgehead atoms. The normalized spacial score (nSPS) is 18.7. The Labute approximate surface area is 172 Å². The molecular weight excluding hydrogens is 368 g/mol. The van der Waals surface area contributed by atoms with Crippen LogP contribution >= 0.6 is 0 Å². The number of benzene rings is 1. The number of amides is 1. The average Bonchev–Trinajstić information content (AvgIpc) is 3.27. The van der Waals surface area contributed by atoms with Crippen molar-refractivity contribution >= 4 is 5.91 Å². The summed E-state index contributed by atoms with van der Waals surface area (Å²) < 4.78 is 10.5. The van der Waals surface area contributed by atoms with E-state index in [1.165, 1.54) is 32.1 Å². The van der Waals surface area contributed by atoms with Crippen molar-refractivity contribution in [3.8, 4) is 17.1 Å². The molecule has 1 saturated heterocycles. The first kappa shape index (κ1) is 19.9. The summed E-state index contributed by atoms with van der Waals surface area (Å²) in [7, 11) is 1.63. The zero-order valence-corrected chi connectivity index (χ0v) is 17.2. The number of carbonyl (C=O) groups is 1. The number of piperazine rings is 1. The van der Waals surface area contributed by atoms with Crippen LogP contribution in [0.15, 0.2) is 28.8 Å². The lowest BCUT2D eigenvalue weighted by atomic mass is 9.94. The predicted molar refractivity (Wildman–Crippen MR) is 110 cm³/mol. The SMILES string of the molecule is COc1ccc(-c2noc(CCC(=O)N3CCN(C4CCCCC4)CC3)n2)cc1. The third-order valence-corrected chi connectivity index (χ3v) is 6.13. The van der Waals surface area contributed by atoms with Crippen LogP contribution < -0.4 is 4.74 Å². The summed E-state index contributed by atoms with van der Waals surface area (Å²) in [5.41, 5.74) is 0.867. The van der Waals surface area contributed by atoms with Crippen molar-refractivity contribution in [3.63, 3.8) is 0 Å². The topological polar surface area (TPSA) is 71.7 Å². The van der Waals surface area contributed by atoms with Crippen molar-refractivity contribution in [2.45, 2.75) is 51.0 Å². The molecular formula is C22H30N4O3. The van der Waals surface area contributed by atoms with Gasteiger partial charge in [-0.1, -0.05) is 24.4 Å². The fraction of sp³-hybridized carbons (Fsp3) is 0.591. The molecule has 29 heavy (non-hydrogen) atoms. The molecule has 7 heteroatoms. The molecule has 2 fully saturated rings. The van der Waals surface area contributed by atoms with Crippen molar-refractivity contribution in [2.24, 2.45) is 0 Å². The first-order valence-corrected chi connectivity index (χ1v) is 10.7. The van der Waals surface area contributed by atoms with E-state index >= 15 is 0 Å². The van der Waals surface area contributed by atoms with Crippen LogP contribution in [0, 0.1) is 0 Å². The largest absolute Gasteiger partial charge is 0.497 e. The van der Waals surface area contributed by atoms with Gasteiger partial charge in [0.15, 0.2) is 0 Å². The number of aryl methyl sites for hydroxylation is 1. The van der Waals surface area contributed by atoms with Gasteiger partial charge in [0.05, 0.1) is 7.11 Å². The van der Waals surface area contributed by atoms with Crippen LogP contribution in [0.4, 0.5) is 0 Å². The number of rotatable bonds is 6. The minimum atomic E-state index is 0.178. The van der Waals surface area contributed by atoms with Crippen LogP contribution in [-0.4, -0.2) is 65.2 Å². The Morgan fingerprint density at radius 3 is 2.52 bits per heavy atom. The lowest BCUT2D eigenvalue weighted by Gasteiger charge is -2.40. The smallest absolute Gasteiger partial charge is 0.227 e. The molecule has 0 spiro atoms. The van der Waals surface area contributed by atoms with E-state index in [-0.39, 0.29) is 5.91 Å². The molecule has 1 saturated carbocycles. The number of ether oxygens (including phenoxy) is 1. The lowest BCUT2D eigenvalue weighted by Crippen LogP contribution is -2.52. The van der Waals surface area contributed by atoms with Crippen LogP contribution in [-0.2, 0) is 11.2 Å². The third-order valence-electron chi connectivity index (χ3n) is 6.13. The van der Waals surface area contributed by atoms with Gasteiger partial charge in [-0.15, -0.1) is 0 Å². The van der Waals surface area contributed by atoms with Gasteiger partial charge >= 0.3 is 0 Å². The van der Waals surface area contributed by atoms with Gasteiger partial charge in [-0.2, -0.15) is 4.98 Å².